The molecular weight excluding hydrogens is 316 g/mol. The number of methoxy groups -OCH3 is 2. The van der Waals surface area contributed by atoms with Crippen LogP contribution in [0.5, 0.6) is 11.5 Å². The third-order valence-electron chi connectivity index (χ3n) is 3.81. The Hall–Kier alpha value is -3.09. The summed E-state index contributed by atoms with van der Waals surface area (Å²) in [6.07, 6.45) is 0. The van der Waals surface area contributed by atoms with Crippen molar-refractivity contribution in [2.24, 2.45) is 0 Å². The van der Waals surface area contributed by atoms with Crippen LogP contribution in [-0.2, 0) is 0 Å². The van der Waals surface area contributed by atoms with Gasteiger partial charge < -0.3 is 18.3 Å². The van der Waals surface area contributed by atoms with E-state index in [0.29, 0.717) is 16.9 Å². The van der Waals surface area contributed by atoms with E-state index < -0.39 is 11.3 Å². The molecular formula is C17H14O7. The van der Waals surface area contributed by atoms with Crippen molar-refractivity contribution in [1.82, 2.24) is 0 Å². The molecule has 0 aliphatic carbocycles. The summed E-state index contributed by atoms with van der Waals surface area (Å²) < 4.78 is 20.8. The fourth-order valence-corrected chi connectivity index (χ4v) is 2.83. The zero-order valence-electron chi connectivity index (χ0n) is 13.5. The van der Waals surface area contributed by atoms with Crippen LogP contribution in [0.4, 0.5) is 0 Å². The van der Waals surface area contributed by atoms with E-state index in [9.17, 15) is 14.4 Å². The van der Waals surface area contributed by atoms with E-state index in [-0.39, 0.29) is 33.5 Å². The highest BCUT2D eigenvalue weighted by Crippen LogP contribution is 2.36. The van der Waals surface area contributed by atoms with Gasteiger partial charge in [-0.25, -0.2) is 9.59 Å². The first-order valence-electron chi connectivity index (χ1n) is 7.06. The fourth-order valence-electron chi connectivity index (χ4n) is 2.83. The van der Waals surface area contributed by atoms with Crippen LogP contribution < -0.4 is 20.7 Å². The van der Waals surface area contributed by atoms with Gasteiger partial charge in [-0.2, -0.15) is 0 Å². The van der Waals surface area contributed by atoms with Gasteiger partial charge in [0, 0.05) is 17.5 Å². The largest absolute Gasteiger partial charge is 0.496 e. The number of rotatable bonds is 3. The number of hydrogen-bond acceptors (Lipinski definition) is 7. The molecule has 7 nitrogen and oxygen atoms in total. The Kier molecular flexibility index (Phi) is 3.63. The fraction of sp³-hybridized carbons (Fsp3) is 0.235. The molecule has 0 bridgehead atoms. The third kappa shape index (κ3) is 2.17. The number of ether oxygens (including phenoxy) is 2. The van der Waals surface area contributed by atoms with Gasteiger partial charge in [0.1, 0.15) is 22.8 Å². The van der Waals surface area contributed by atoms with Crippen LogP contribution in [0, 0.1) is 6.92 Å². The van der Waals surface area contributed by atoms with E-state index in [1.165, 1.54) is 34.1 Å². The lowest BCUT2D eigenvalue weighted by Gasteiger charge is -2.12. The average molecular weight is 330 g/mol. The predicted molar refractivity (Wildman–Crippen MR) is 86.4 cm³/mol. The first-order valence-corrected chi connectivity index (χ1v) is 7.06. The quantitative estimate of drug-likeness (QED) is 0.413. The van der Waals surface area contributed by atoms with Gasteiger partial charge in [0.2, 0.25) is 0 Å². The Morgan fingerprint density at radius 1 is 0.958 bits per heavy atom. The summed E-state index contributed by atoms with van der Waals surface area (Å²) >= 11 is 0. The zero-order valence-corrected chi connectivity index (χ0v) is 13.5. The van der Waals surface area contributed by atoms with Crippen molar-refractivity contribution >= 4 is 27.5 Å². The normalized spacial score (nSPS) is 11.0. The van der Waals surface area contributed by atoms with Crippen LogP contribution in [0.1, 0.15) is 23.0 Å². The maximum atomic E-state index is 12.3. The summed E-state index contributed by atoms with van der Waals surface area (Å²) in [5.74, 6) is 0.507. The average Bonchev–Trinajstić information content (AvgIpc) is 2.52. The summed E-state index contributed by atoms with van der Waals surface area (Å²) in [5.41, 5.74) is -1.45. The number of carbonyl (C=O) groups is 1. The molecule has 0 radical (unpaired) electrons. The second-order valence-electron chi connectivity index (χ2n) is 5.22. The Morgan fingerprint density at radius 2 is 1.62 bits per heavy atom. The van der Waals surface area contributed by atoms with Crippen LogP contribution in [0.15, 0.2) is 30.6 Å². The summed E-state index contributed by atoms with van der Waals surface area (Å²) in [6, 6.07) is 3.07. The maximum absolute atomic E-state index is 12.3. The van der Waals surface area contributed by atoms with Crippen LogP contribution in [0.2, 0.25) is 0 Å². The molecule has 0 N–H and O–H groups in total. The molecule has 2 aromatic heterocycles. The lowest BCUT2D eigenvalue weighted by Crippen LogP contribution is -2.16. The molecule has 3 aromatic rings. The van der Waals surface area contributed by atoms with Crippen molar-refractivity contribution in [2.45, 2.75) is 13.8 Å². The first-order chi connectivity index (χ1) is 11.4. The van der Waals surface area contributed by atoms with Crippen molar-refractivity contribution in [2.75, 3.05) is 14.2 Å². The number of ketones is 1. The van der Waals surface area contributed by atoms with Gasteiger partial charge in [-0.05, 0) is 13.8 Å². The minimum Gasteiger partial charge on any atom is -0.496 e. The molecule has 0 saturated carbocycles. The Morgan fingerprint density at radius 3 is 2.21 bits per heavy atom. The highest BCUT2D eigenvalue weighted by atomic mass is 16.5. The predicted octanol–water partition coefficient (Wildman–Crippen LogP) is 2.43. The molecule has 0 spiro atoms. The smallest absolute Gasteiger partial charge is 0.351 e. The van der Waals surface area contributed by atoms with E-state index >= 15 is 0 Å². The molecule has 3 rings (SSSR count). The molecule has 0 amide bonds. The molecule has 7 heteroatoms. The molecule has 24 heavy (non-hydrogen) atoms. The second kappa shape index (κ2) is 5.52. The van der Waals surface area contributed by atoms with E-state index in [1.807, 2.05) is 0 Å². The topological polar surface area (TPSA) is 96.0 Å². The molecule has 1 aromatic carbocycles. The molecule has 124 valence electrons. The summed E-state index contributed by atoms with van der Waals surface area (Å²) in [6.45, 7) is 2.83. The second-order valence-corrected chi connectivity index (χ2v) is 5.22. The lowest BCUT2D eigenvalue weighted by atomic mass is 9.99. The molecule has 0 aliphatic rings. The minimum absolute atomic E-state index is 0.129. The van der Waals surface area contributed by atoms with Crippen LogP contribution in [0.25, 0.3) is 21.7 Å². The minimum atomic E-state index is -0.885. The van der Waals surface area contributed by atoms with E-state index in [1.54, 1.807) is 6.07 Å². The number of Topliss-reactive ketones (excluding diaryl/α,β-unsaturated/α-hetero) is 1. The molecule has 0 fully saturated rings. The van der Waals surface area contributed by atoms with Gasteiger partial charge in [-0.1, -0.05) is 0 Å². The van der Waals surface area contributed by atoms with Gasteiger partial charge in [0.05, 0.1) is 25.2 Å². The van der Waals surface area contributed by atoms with Gasteiger partial charge in [-0.15, -0.1) is 0 Å². The van der Waals surface area contributed by atoms with Crippen molar-refractivity contribution in [3.8, 4) is 11.5 Å². The van der Waals surface area contributed by atoms with Gasteiger partial charge in [-0.3, -0.25) is 4.79 Å². The van der Waals surface area contributed by atoms with Crippen molar-refractivity contribution in [3.05, 3.63) is 44.3 Å². The van der Waals surface area contributed by atoms with Crippen molar-refractivity contribution in [3.63, 3.8) is 0 Å². The highest BCUT2D eigenvalue weighted by molar-refractivity contribution is 6.18. The Balaban J connectivity index is 2.76. The Bertz CT molecular complexity index is 1100. The van der Waals surface area contributed by atoms with Gasteiger partial charge in [0.25, 0.3) is 0 Å². The number of fused-ring (bicyclic) bond motifs is 3. The summed E-state index contributed by atoms with van der Waals surface area (Å²) in [5, 5.41) is 0.192. The van der Waals surface area contributed by atoms with Crippen LogP contribution in [0.3, 0.4) is 0 Å². The van der Waals surface area contributed by atoms with E-state index in [2.05, 4.69) is 0 Å². The number of carbonyl (C=O) groups excluding carboxylic acids is 1. The third-order valence-corrected chi connectivity index (χ3v) is 3.81. The van der Waals surface area contributed by atoms with Crippen molar-refractivity contribution < 1.29 is 23.1 Å². The zero-order chi connectivity index (χ0) is 17.6. The number of aryl methyl sites for hydroxylation is 1. The van der Waals surface area contributed by atoms with Crippen LogP contribution in [-0.4, -0.2) is 20.0 Å². The monoisotopic (exact) mass is 330 g/mol. The molecule has 0 atom stereocenters. The van der Waals surface area contributed by atoms with Crippen molar-refractivity contribution in [1.29, 1.82) is 0 Å². The molecule has 2 heterocycles. The highest BCUT2D eigenvalue weighted by Gasteiger charge is 2.23. The number of benzene rings is 1. The van der Waals surface area contributed by atoms with E-state index in [0.717, 1.165) is 0 Å². The maximum Gasteiger partial charge on any atom is 0.351 e. The summed E-state index contributed by atoms with van der Waals surface area (Å²) in [4.78, 5) is 36.5. The summed E-state index contributed by atoms with van der Waals surface area (Å²) in [7, 11) is 2.89. The lowest BCUT2D eigenvalue weighted by molar-refractivity contribution is 0.101. The molecule has 0 unspecified atom stereocenters. The molecule has 0 saturated heterocycles. The standard InChI is InChI=1S/C17H14O7/c1-7(18)12-8(2)23-16(19)15-14(12)13-10(22-4)5-9(21-3)6-11(13)24-17(15)20/h5-6H,1-4H3. The first kappa shape index (κ1) is 15.8. The van der Waals surface area contributed by atoms with Gasteiger partial charge >= 0.3 is 11.3 Å². The SMILES string of the molecule is COc1cc(OC)c2c(c1)oc(=O)c1c(=O)oc(C)c(C(C)=O)c12. The molecule has 0 aliphatic heterocycles. The number of hydrogen-bond donors (Lipinski definition) is 0. The van der Waals surface area contributed by atoms with E-state index in [4.69, 9.17) is 18.3 Å². The van der Waals surface area contributed by atoms with Gasteiger partial charge in [0.15, 0.2) is 11.2 Å². The Labute approximate surface area is 135 Å². The van der Waals surface area contributed by atoms with Crippen LogP contribution >= 0.6 is 0 Å².